The summed E-state index contributed by atoms with van der Waals surface area (Å²) in [7, 11) is 0. The molecule has 0 amide bonds. The van der Waals surface area contributed by atoms with Crippen molar-refractivity contribution in [3.8, 4) is 0 Å². The van der Waals surface area contributed by atoms with E-state index in [0.29, 0.717) is 6.04 Å². The third kappa shape index (κ3) is 3.36. The number of nitrogens with two attached hydrogens (primary N) is 1. The molecule has 13 heavy (non-hydrogen) atoms. The number of nitrogens with one attached hydrogen (secondary N) is 1. The highest BCUT2D eigenvalue weighted by atomic mass is 79.9. The van der Waals surface area contributed by atoms with Crippen molar-refractivity contribution in [1.29, 1.82) is 0 Å². The summed E-state index contributed by atoms with van der Waals surface area (Å²) >= 11 is 3.38. The van der Waals surface area contributed by atoms with Gasteiger partial charge in [-0.2, -0.15) is 0 Å². The molecule has 1 aromatic carbocycles. The number of nitrogen functional groups attached to an aromatic ring is 1. The van der Waals surface area contributed by atoms with Gasteiger partial charge in [0.2, 0.25) is 0 Å². The highest BCUT2D eigenvalue weighted by molar-refractivity contribution is 9.10. The Hall–Kier alpha value is -0.540. The fourth-order valence-corrected chi connectivity index (χ4v) is 1.42. The third-order valence-electron chi connectivity index (χ3n) is 1.81. The predicted molar refractivity (Wildman–Crippen MR) is 60.5 cm³/mol. The van der Waals surface area contributed by atoms with Crippen LogP contribution < -0.4 is 11.1 Å². The van der Waals surface area contributed by atoms with E-state index in [1.165, 1.54) is 0 Å². The van der Waals surface area contributed by atoms with Crippen molar-refractivity contribution in [2.75, 3.05) is 5.73 Å². The summed E-state index contributed by atoms with van der Waals surface area (Å²) in [4.78, 5) is 0. The lowest BCUT2D eigenvalue weighted by atomic mass is 10.2. The minimum atomic E-state index is 0.489. The normalized spacial score (nSPS) is 10.8. The van der Waals surface area contributed by atoms with E-state index in [4.69, 9.17) is 5.73 Å². The van der Waals surface area contributed by atoms with Crippen LogP contribution in [0, 0.1) is 0 Å². The highest BCUT2D eigenvalue weighted by Crippen LogP contribution is 2.18. The van der Waals surface area contributed by atoms with E-state index in [9.17, 15) is 0 Å². The van der Waals surface area contributed by atoms with Crippen LogP contribution >= 0.6 is 15.9 Å². The zero-order valence-electron chi connectivity index (χ0n) is 7.97. The van der Waals surface area contributed by atoms with Crippen LogP contribution in [0.1, 0.15) is 19.4 Å². The Morgan fingerprint density at radius 3 is 2.69 bits per heavy atom. The van der Waals surface area contributed by atoms with Gasteiger partial charge in [0.15, 0.2) is 0 Å². The average molecular weight is 243 g/mol. The maximum absolute atomic E-state index is 5.84. The van der Waals surface area contributed by atoms with Crippen LogP contribution in [0.25, 0.3) is 0 Å². The van der Waals surface area contributed by atoms with Gasteiger partial charge in [0.1, 0.15) is 0 Å². The highest BCUT2D eigenvalue weighted by Gasteiger charge is 2.00. The average Bonchev–Trinajstić information content (AvgIpc) is 2.02. The third-order valence-corrected chi connectivity index (χ3v) is 2.30. The lowest BCUT2D eigenvalue weighted by molar-refractivity contribution is 0.589. The minimum Gasteiger partial charge on any atom is -0.398 e. The SMILES string of the molecule is CC(C)NCc1ccc(Br)cc1N. The Labute approximate surface area is 87.6 Å². The molecule has 0 aliphatic carbocycles. The maximum Gasteiger partial charge on any atom is 0.0370 e. The van der Waals surface area contributed by atoms with Crippen molar-refractivity contribution >= 4 is 21.6 Å². The van der Waals surface area contributed by atoms with Crippen LogP contribution in [0.3, 0.4) is 0 Å². The lowest BCUT2D eigenvalue weighted by Crippen LogP contribution is -2.22. The zero-order valence-corrected chi connectivity index (χ0v) is 9.56. The Morgan fingerprint density at radius 2 is 2.15 bits per heavy atom. The molecular formula is C10H15BrN2. The molecule has 0 heterocycles. The molecule has 3 N–H and O–H groups in total. The molecule has 0 aliphatic heterocycles. The Morgan fingerprint density at radius 1 is 1.46 bits per heavy atom. The molecule has 72 valence electrons. The summed E-state index contributed by atoms with van der Waals surface area (Å²) in [5.74, 6) is 0. The van der Waals surface area contributed by atoms with Gasteiger partial charge in [-0.25, -0.2) is 0 Å². The van der Waals surface area contributed by atoms with E-state index in [1.54, 1.807) is 0 Å². The zero-order chi connectivity index (χ0) is 9.84. The van der Waals surface area contributed by atoms with Crippen LogP contribution in [0.15, 0.2) is 22.7 Å². The van der Waals surface area contributed by atoms with Crippen molar-refractivity contribution < 1.29 is 0 Å². The van der Waals surface area contributed by atoms with Crippen molar-refractivity contribution in [2.24, 2.45) is 0 Å². The number of anilines is 1. The molecule has 0 unspecified atom stereocenters. The van der Waals surface area contributed by atoms with Crippen molar-refractivity contribution in [3.63, 3.8) is 0 Å². The summed E-state index contributed by atoms with van der Waals surface area (Å²) in [6, 6.07) is 6.46. The van der Waals surface area contributed by atoms with E-state index in [2.05, 4.69) is 35.1 Å². The van der Waals surface area contributed by atoms with Gasteiger partial charge in [-0.3, -0.25) is 0 Å². The molecule has 1 rings (SSSR count). The molecule has 0 saturated carbocycles. The molecule has 0 fully saturated rings. The van der Waals surface area contributed by atoms with Gasteiger partial charge < -0.3 is 11.1 Å². The van der Waals surface area contributed by atoms with Gasteiger partial charge in [0, 0.05) is 22.7 Å². The molecule has 0 aliphatic rings. The minimum absolute atomic E-state index is 0.489. The topological polar surface area (TPSA) is 38.0 Å². The number of rotatable bonds is 3. The van der Waals surface area contributed by atoms with Crippen molar-refractivity contribution in [3.05, 3.63) is 28.2 Å². The molecular weight excluding hydrogens is 228 g/mol. The first-order chi connectivity index (χ1) is 6.09. The summed E-state index contributed by atoms with van der Waals surface area (Å²) in [5.41, 5.74) is 7.82. The van der Waals surface area contributed by atoms with Gasteiger partial charge in [-0.15, -0.1) is 0 Å². The second-order valence-electron chi connectivity index (χ2n) is 3.38. The van der Waals surface area contributed by atoms with E-state index in [0.717, 1.165) is 22.3 Å². The quantitative estimate of drug-likeness (QED) is 0.800. The molecule has 1 aromatic rings. The van der Waals surface area contributed by atoms with Gasteiger partial charge in [0.25, 0.3) is 0 Å². The molecule has 0 spiro atoms. The second-order valence-corrected chi connectivity index (χ2v) is 4.29. The first-order valence-corrected chi connectivity index (χ1v) is 5.16. The first kappa shape index (κ1) is 10.5. The predicted octanol–water partition coefficient (Wildman–Crippen LogP) is 2.53. The fourth-order valence-electron chi connectivity index (χ4n) is 1.04. The summed E-state index contributed by atoms with van der Waals surface area (Å²) in [5, 5.41) is 3.33. The standard InChI is InChI=1S/C10H15BrN2/c1-7(2)13-6-8-3-4-9(11)5-10(8)12/h3-5,7,13H,6,12H2,1-2H3. The lowest BCUT2D eigenvalue weighted by Gasteiger charge is -2.10. The fraction of sp³-hybridized carbons (Fsp3) is 0.400. The molecule has 0 bridgehead atoms. The summed E-state index contributed by atoms with van der Waals surface area (Å²) in [6.45, 7) is 5.07. The molecule has 0 radical (unpaired) electrons. The smallest absolute Gasteiger partial charge is 0.0370 e. The largest absolute Gasteiger partial charge is 0.398 e. The molecule has 0 aromatic heterocycles. The number of halogens is 1. The van der Waals surface area contributed by atoms with E-state index in [-0.39, 0.29) is 0 Å². The van der Waals surface area contributed by atoms with Gasteiger partial charge in [-0.05, 0) is 17.7 Å². The first-order valence-electron chi connectivity index (χ1n) is 4.37. The molecule has 2 nitrogen and oxygen atoms in total. The van der Waals surface area contributed by atoms with Crippen LogP contribution in [0.4, 0.5) is 5.69 Å². The van der Waals surface area contributed by atoms with Crippen molar-refractivity contribution in [1.82, 2.24) is 5.32 Å². The maximum atomic E-state index is 5.84. The van der Waals surface area contributed by atoms with Crippen LogP contribution in [0.2, 0.25) is 0 Å². The van der Waals surface area contributed by atoms with Gasteiger partial charge in [-0.1, -0.05) is 35.8 Å². The van der Waals surface area contributed by atoms with Crippen LogP contribution in [0.5, 0.6) is 0 Å². The Bertz CT molecular complexity index is 284. The Balaban J connectivity index is 2.67. The van der Waals surface area contributed by atoms with E-state index in [1.807, 2.05) is 18.2 Å². The Kier molecular flexibility index (Phi) is 3.75. The van der Waals surface area contributed by atoms with Crippen LogP contribution in [-0.2, 0) is 6.54 Å². The number of hydrogen-bond acceptors (Lipinski definition) is 2. The number of benzene rings is 1. The van der Waals surface area contributed by atoms with Gasteiger partial charge in [0.05, 0.1) is 0 Å². The van der Waals surface area contributed by atoms with Crippen LogP contribution in [-0.4, -0.2) is 6.04 Å². The summed E-state index contributed by atoms with van der Waals surface area (Å²) in [6.07, 6.45) is 0. The van der Waals surface area contributed by atoms with Gasteiger partial charge >= 0.3 is 0 Å². The van der Waals surface area contributed by atoms with Crippen molar-refractivity contribution in [2.45, 2.75) is 26.4 Å². The number of hydrogen-bond donors (Lipinski definition) is 2. The second kappa shape index (κ2) is 4.63. The molecule has 0 atom stereocenters. The van der Waals surface area contributed by atoms with E-state index < -0.39 is 0 Å². The summed E-state index contributed by atoms with van der Waals surface area (Å²) < 4.78 is 1.03. The van der Waals surface area contributed by atoms with E-state index >= 15 is 0 Å². The molecule has 0 saturated heterocycles. The monoisotopic (exact) mass is 242 g/mol. The molecule has 3 heteroatoms.